The topological polar surface area (TPSA) is 82.2 Å². The summed E-state index contributed by atoms with van der Waals surface area (Å²) in [4.78, 5) is 13.5. The highest BCUT2D eigenvalue weighted by Gasteiger charge is 2.34. The van der Waals surface area contributed by atoms with Gasteiger partial charge in [-0.2, -0.15) is 0 Å². The van der Waals surface area contributed by atoms with Crippen molar-refractivity contribution < 1.29 is 4.42 Å². The molecular formula is C25H22N2O2. The first-order valence-corrected chi connectivity index (χ1v) is 9.87. The summed E-state index contributed by atoms with van der Waals surface area (Å²) in [6, 6.07) is 22.9. The van der Waals surface area contributed by atoms with E-state index in [0.717, 1.165) is 36.0 Å². The summed E-state index contributed by atoms with van der Waals surface area (Å²) in [5.74, 6) is 0.549. The SMILES string of the molecule is Nc1ccc2c(=O)c(-c3ccc(C4(N)CCC4)cc3)c(-c3ccccc3)oc2c1. The average molecular weight is 382 g/mol. The minimum atomic E-state index is -0.230. The van der Waals surface area contributed by atoms with Gasteiger partial charge in [-0.3, -0.25) is 4.79 Å². The maximum absolute atomic E-state index is 13.5. The van der Waals surface area contributed by atoms with Gasteiger partial charge in [0.15, 0.2) is 0 Å². The second-order valence-corrected chi connectivity index (χ2v) is 7.84. The first-order chi connectivity index (χ1) is 14.0. The summed E-state index contributed by atoms with van der Waals surface area (Å²) >= 11 is 0. The second-order valence-electron chi connectivity index (χ2n) is 7.84. The van der Waals surface area contributed by atoms with Crippen LogP contribution in [0.3, 0.4) is 0 Å². The Hall–Kier alpha value is -3.37. The van der Waals surface area contributed by atoms with Crippen LogP contribution in [0.2, 0.25) is 0 Å². The van der Waals surface area contributed by atoms with Gasteiger partial charge in [0.2, 0.25) is 5.43 Å². The lowest BCUT2D eigenvalue weighted by atomic mass is 9.72. The first-order valence-electron chi connectivity index (χ1n) is 9.87. The minimum absolute atomic E-state index is 0.0658. The summed E-state index contributed by atoms with van der Waals surface area (Å²) in [7, 11) is 0. The fraction of sp³-hybridized carbons (Fsp3) is 0.160. The molecule has 29 heavy (non-hydrogen) atoms. The van der Waals surface area contributed by atoms with Crippen LogP contribution in [-0.4, -0.2) is 0 Å². The molecule has 0 unspecified atom stereocenters. The summed E-state index contributed by atoms with van der Waals surface area (Å²) in [6.07, 6.45) is 3.16. The van der Waals surface area contributed by atoms with Crippen LogP contribution in [0.1, 0.15) is 24.8 Å². The van der Waals surface area contributed by atoms with E-state index in [-0.39, 0.29) is 11.0 Å². The van der Waals surface area contributed by atoms with Gasteiger partial charge in [0.05, 0.1) is 10.9 Å². The Balaban J connectivity index is 1.74. The maximum Gasteiger partial charge on any atom is 0.201 e. The highest BCUT2D eigenvalue weighted by atomic mass is 16.3. The lowest BCUT2D eigenvalue weighted by molar-refractivity contribution is 0.253. The Morgan fingerprint density at radius 3 is 2.24 bits per heavy atom. The van der Waals surface area contributed by atoms with Crippen molar-refractivity contribution in [2.75, 3.05) is 5.73 Å². The highest BCUT2D eigenvalue weighted by molar-refractivity contribution is 5.90. The van der Waals surface area contributed by atoms with E-state index in [2.05, 4.69) is 0 Å². The van der Waals surface area contributed by atoms with Crippen molar-refractivity contribution in [3.8, 4) is 22.5 Å². The molecule has 4 aromatic rings. The standard InChI is InChI=1S/C25H22N2O2/c26-19-11-12-20-21(15-19)29-24(17-5-2-1-3-6-17)22(23(20)28)16-7-9-18(10-8-16)25(27)13-4-14-25/h1-3,5-12,15H,4,13-14,26-27H2. The number of hydrogen-bond donors (Lipinski definition) is 2. The fourth-order valence-electron chi connectivity index (χ4n) is 4.08. The molecule has 1 aliphatic rings. The fourth-order valence-corrected chi connectivity index (χ4v) is 4.08. The van der Waals surface area contributed by atoms with Crippen molar-refractivity contribution in [1.29, 1.82) is 0 Å². The Bertz CT molecular complexity index is 1250. The molecule has 5 rings (SSSR count). The summed E-state index contributed by atoms with van der Waals surface area (Å²) < 4.78 is 6.22. The molecule has 1 aliphatic carbocycles. The highest BCUT2D eigenvalue weighted by Crippen LogP contribution is 2.40. The van der Waals surface area contributed by atoms with Crippen molar-refractivity contribution in [1.82, 2.24) is 0 Å². The molecular weight excluding hydrogens is 360 g/mol. The van der Waals surface area contributed by atoms with Gasteiger partial charge in [-0.25, -0.2) is 0 Å². The van der Waals surface area contributed by atoms with Crippen LogP contribution in [0.15, 0.2) is 82.0 Å². The van der Waals surface area contributed by atoms with Gasteiger partial charge in [0, 0.05) is 22.9 Å². The van der Waals surface area contributed by atoms with Gasteiger partial charge in [-0.05, 0) is 42.5 Å². The number of hydrogen-bond acceptors (Lipinski definition) is 4. The van der Waals surface area contributed by atoms with E-state index in [4.69, 9.17) is 15.9 Å². The molecule has 1 saturated carbocycles. The third-order valence-corrected chi connectivity index (χ3v) is 5.95. The van der Waals surface area contributed by atoms with E-state index in [1.165, 1.54) is 0 Å². The molecule has 3 aromatic carbocycles. The molecule has 0 saturated heterocycles. The molecule has 4 N–H and O–H groups in total. The molecule has 0 radical (unpaired) electrons. The average Bonchev–Trinajstić information content (AvgIpc) is 2.72. The Labute approximate surface area is 168 Å². The van der Waals surface area contributed by atoms with Gasteiger partial charge in [-0.1, -0.05) is 54.6 Å². The van der Waals surface area contributed by atoms with Crippen molar-refractivity contribution in [3.05, 3.63) is 88.6 Å². The maximum atomic E-state index is 13.5. The van der Waals surface area contributed by atoms with Gasteiger partial charge < -0.3 is 15.9 Å². The zero-order chi connectivity index (χ0) is 20.0. The molecule has 0 bridgehead atoms. The Morgan fingerprint density at radius 1 is 0.862 bits per heavy atom. The normalized spacial score (nSPS) is 15.2. The smallest absolute Gasteiger partial charge is 0.201 e. The molecule has 0 amide bonds. The second kappa shape index (κ2) is 6.61. The molecule has 0 spiro atoms. The van der Waals surface area contributed by atoms with Gasteiger partial charge in [0.1, 0.15) is 11.3 Å². The van der Waals surface area contributed by atoms with E-state index >= 15 is 0 Å². The molecule has 0 atom stereocenters. The van der Waals surface area contributed by atoms with E-state index in [1.54, 1.807) is 18.2 Å². The van der Waals surface area contributed by atoms with E-state index < -0.39 is 0 Å². The summed E-state index contributed by atoms with van der Waals surface area (Å²) in [5, 5.41) is 0.521. The quantitative estimate of drug-likeness (QED) is 0.486. The lowest BCUT2D eigenvalue weighted by Crippen LogP contribution is -2.43. The molecule has 1 heterocycles. The van der Waals surface area contributed by atoms with E-state index in [1.807, 2.05) is 54.6 Å². The number of nitrogen functional groups attached to an aromatic ring is 1. The third kappa shape index (κ3) is 2.93. The number of fused-ring (bicyclic) bond motifs is 1. The Morgan fingerprint density at radius 2 is 1.59 bits per heavy atom. The summed E-state index contributed by atoms with van der Waals surface area (Å²) in [5.41, 5.74) is 16.5. The van der Waals surface area contributed by atoms with Crippen LogP contribution >= 0.6 is 0 Å². The summed E-state index contributed by atoms with van der Waals surface area (Å²) in [6.45, 7) is 0. The van der Waals surface area contributed by atoms with Crippen molar-refractivity contribution >= 4 is 16.7 Å². The van der Waals surface area contributed by atoms with Crippen LogP contribution in [0.5, 0.6) is 0 Å². The molecule has 4 nitrogen and oxygen atoms in total. The van der Waals surface area contributed by atoms with Crippen molar-refractivity contribution in [2.24, 2.45) is 5.73 Å². The lowest BCUT2D eigenvalue weighted by Gasteiger charge is -2.38. The monoisotopic (exact) mass is 382 g/mol. The third-order valence-electron chi connectivity index (χ3n) is 5.95. The van der Waals surface area contributed by atoms with Crippen molar-refractivity contribution in [3.63, 3.8) is 0 Å². The molecule has 4 heteroatoms. The predicted octanol–water partition coefficient (Wildman–Crippen LogP) is 5.05. The van der Waals surface area contributed by atoms with Crippen molar-refractivity contribution in [2.45, 2.75) is 24.8 Å². The van der Waals surface area contributed by atoms with Gasteiger partial charge in [-0.15, -0.1) is 0 Å². The molecule has 0 aliphatic heterocycles. The van der Waals surface area contributed by atoms with E-state index in [9.17, 15) is 4.79 Å². The predicted molar refractivity (Wildman–Crippen MR) is 117 cm³/mol. The Kier molecular flexibility index (Phi) is 4.03. The first kappa shape index (κ1) is 17.7. The zero-order valence-corrected chi connectivity index (χ0v) is 16.0. The van der Waals surface area contributed by atoms with Crippen LogP contribution < -0.4 is 16.9 Å². The van der Waals surface area contributed by atoms with Crippen LogP contribution in [0.25, 0.3) is 33.4 Å². The molecule has 1 fully saturated rings. The van der Waals surface area contributed by atoms with Crippen LogP contribution in [0.4, 0.5) is 5.69 Å². The number of rotatable bonds is 3. The van der Waals surface area contributed by atoms with Gasteiger partial charge in [0.25, 0.3) is 0 Å². The number of nitrogens with two attached hydrogens (primary N) is 2. The number of anilines is 1. The van der Waals surface area contributed by atoms with Crippen LogP contribution in [0, 0.1) is 0 Å². The zero-order valence-electron chi connectivity index (χ0n) is 16.0. The van der Waals surface area contributed by atoms with E-state index in [0.29, 0.717) is 28.0 Å². The molecule has 1 aromatic heterocycles. The molecule has 144 valence electrons. The van der Waals surface area contributed by atoms with Crippen LogP contribution in [-0.2, 0) is 5.54 Å². The largest absolute Gasteiger partial charge is 0.455 e. The van der Waals surface area contributed by atoms with Gasteiger partial charge >= 0.3 is 0 Å². The number of benzene rings is 3. The minimum Gasteiger partial charge on any atom is -0.455 e.